The first-order valence-electron chi connectivity index (χ1n) is 3.34. The van der Waals surface area contributed by atoms with Crippen LogP contribution in [0.15, 0.2) is 0 Å². The van der Waals surface area contributed by atoms with E-state index in [2.05, 4.69) is 0 Å². The minimum absolute atomic E-state index is 0.127. The minimum Gasteiger partial charge on any atom is -0.326 e. The predicted molar refractivity (Wildman–Crippen MR) is 43.2 cm³/mol. The number of rotatable bonds is 2. The second-order valence-electron chi connectivity index (χ2n) is 2.54. The fraction of sp³-hybridized carbons (Fsp3) is 0.667. The molecular formula is C6H10N2O2S. The van der Waals surface area contributed by atoms with Crippen molar-refractivity contribution in [3.05, 3.63) is 0 Å². The van der Waals surface area contributed by atoms with Crippen LogP contribution in [-0.2, 0) is 4.79 Å². The predicted octanol–water partition coefficient (Wildman–Crippen LogP) is 0.0290. The van der Waals surface area contributed by atoms with Gasteiger partial charge in [0.05, 0.1) is 5.75 Å². The van der Waals surface area contributed by atoms with Gasteiger partial charge in [-0.1, -0.05) is 11.8 Å². The van der Waals surface area contributed by atoms with Gasteiger partial charge in [-0.15, -0.1) is 0 Å². The molecule has 0 radical (unpaired) electrons. The maximum atomic E-state index is 10.9. The van der Waals surface area contributed by atoms with Gasteiger partial charge in [-0.3, -0.25) is 14.5 Å². The van der Waals surface area contributed by atoms with Crippen molar-refractivity contribution in [3.8, 4) is 0 Å². The Morgan fingerprint density at radius 3 is 2.73 bits per heavy atom. The van der Waals surface area contributed by atoms with Crippen molar-refractivity contribution in [1.82, 2.24) is 4.90 Å². The van der Waals surface area contributed by atoms with Gasteiger partial charge in [0, 0.05) is 12.6 Å². The fourth-order valence-corrected chi connectivity index (χ4v) is 1.58. The van der Waals surface area contributed by atoms with Crippen molar-refractivity contribution in [2.75, 3.05) is 12.3 Å². The number of hydrogen-bond acceptors (Lipinski definition) is 4. The lowest BCUT2D eigenvalue weighted by atomic mass is 10.3. The van der Waals surface area contributed by atoms with Crippen LogP contribution in [0.25, 0.3) is 0 Å². The van der Waals surface area contributed by atoms with Gasteiger partial charge in [-0.2, -0.15) is 0 Å². The number of amides is 2. The number of thioether (sulfide) groups is 1. The van der Waals surface area contributed by atoms with E-state index in [0.29, 0.717) is 6.54 Å². The van der Waals surface area contributed by atoms with Gasteiger partial charge in [0.15, 0.2) is 0 Å². The number of hydrogen-bond donors (Lipinski definition) is 1. The van der Waals surface area contributed by atoms with Gasteiger partial charge in [0.2, 0.25) is 5.91 Å². The molecule has 0 aliphatic carbocycles. The number of nitrogens with two attached hydrogens (primary N) is 1. The zero-order chi connectivity index (χ0) is 8.43. The first kappa shape index (κ1) is 8.55. The molecule has 0 bridgehead atoms. The molecule has 0 aromatic carbocycles. The van der Waals surface area contributed by atoms with Crippen LogP contribution in [-0.4, -0.2) is 34.4 Å². The Bertz CT molecular complexity index is 177. The Balaban J connectivity index is 2.55. The Labute approximate surface area is 69.1 Å². The Morgan fingerprint density at radius 1 is 1.73 bits per heavy atom. The molecular weight excluding hydrogens is 164 g/mol. The topological polar surface area (TPSA) is 63.4 Å². The Morgan fingerprint density at radius 2 is 2.36 bits per heavy atom. The fourth-order valence-electron chi connectivity index (χ4n) is 0.845. The van der Waals surface area contributed by atoms with Gasteiger partial charge in [-0.05, 0) is 6.92 Å². The van der Waals surface area contributed by atoms with E-state index in [4.69, 9.17) is 5.73 Å². The van der Waals surface area contributed by atoms with Crippen LogP contribution < -0.4 is 5.73 Å². The molecule has 1 aliphatic heterocycles. The van der Waals surface area contributed by atoms with Crippen LogP contribution in [0, 0.1) is 0 Å². The van der Waals surface area contributed by atoms with Crippen LogP contribution in [0.2, 0.25) is 0 Å². The quantitative estimate of drug-likeness (QED) is 0.641. The molecule has 0 unspecified atom stereocenters. The first-order valence-corrected chi connectivity index (χ1v) is 4.32. The lowest BCUT2D eigenvalue weighted by molar-refractivity contribution is -0.124. The third kappa shape index (κ3) is 1.94. The molecule has 0 saturated carbocycles. The summed E-state index contributed by atoms with van der Waals surface area (Å²) in [5, 5.41) is -0.174. The standard InChI is InChI=1S/C6H10N2O2S/c1-4(7)2-8-5(9)3-11-6(8)10/h4H,2-3,7H2,1H3/t4-/m1/s1. The molecule has 1 fully saturated rings. The summed E-state index contributed by atoms with van der Waals surface area (Å²) < 4.78 is 0. The Hall–Kier alpha value is -0.550. The molecule has 0 spiro atoms. The molecule has 2 N–H and O–H groups in total. The third-order valence-electron chi connectivity index (χ3n) is 1.31. The molecule has 1 heterocycles. The van der Waals surface area contributed by atoms with Gasteiger partial charge in [0.1, 0.15) is 0 Å². The summed E-state index contributed by atoms with van der Waals surface area (Å²) in [7, 11) is 0. The largest absolute Gasteiger partial charge is 0.326 e. The van der Waals surface area contributed by atoms with Crippen molar-refractivity contribution in [3.63, 3.8) is 0 Å². The molecule has 1 atom stereocenters. The van der Waals surface area contributed by atoms with Crippen LogP contribution in [0.5, 0.6) is 0 Å². The van der Waals surface area contributed by atoms with Crippen LogP contribution in [0.4, 0.5) is 4.79 Å². The van der Waals surface area contributed by atoms with Gasteiger partial charge < -0.3 is 5.73 Å². The van der Waals surface area contributed by atoms with E-state index in [1.54, 1.807) is 6.92 Å². The average Bonchev–Trinajstić information content (AvgIpc) is 2.18. The number of imide groups is 1. The maximum absolute atomic E-state index is 10.9. The van der Waals surface area contributed by atoms with Crippen molar-refractivity contribution in [2.24, 2.45) is 5.73 Å². The van der Waals surface area contributed by atoms with E-state index >= 15 is 0 Å². The second-order valence-corrected chi connectivity index (χ2v) is 3.46. The smallest absolute Gasteiger partial charge is 0.288 e. The summed E-state index contributed by atoms with van der Waals surface area (Å²) in [5.74, 6) is 0.142. The van der Waals surface area contributed by atoms with Crippen molar-refractivity contribution in [1.29, 1.82) is 0 Å². The lowest BCUT2D eigenvalue weighted by Crippen LogP contribution is -2.38. The van der Waals surface area contributed by atoms with Crippen LogP contribution in [0.1, 0.15) is 6.92 Å². The molecule has 1 saturated heterocycles. The lowest BCUT2D eigenvalue weighted by Gasteiger charge is -2.14. The number of carbonyl (C=O) groups excluding carboxylic acids is 2. The third-order valence-corrected chi connectivity index (χ3v) is 2.17. The van der Waals surface area contributed by atoms with Crippen LogP contribution >= 0.6 is 11.8 Å². The van der Waals surface area contributed by atoms with E-state index in [1.807, 2.05) is 0 Å². The summed E-state index contributed by atoms with van der Waals surface area (Å²) in [6, 6.07) is -0.137. The van der Waals surface area contributed by atoms with E-state index in [9.17, 15) is 9.59 Å². The van der Waals surface area contributed by atoms with E-state index in [-0.39, 0.29) is 22.9 Å². The van der Waals surface area contributed by atoms with E-state index in [0.717, 1.165) is 11.8 Å². The van der Waals surface area contributed by atoms with Gasteiger partial charge >= 0.3 is 0 Å². The summed E-state index contributed by atoms with van der Waals surface area (Å²) in [4.78, 5) is 23.1. The summed E-state index contributed by atoms with van der Waals surface area (Å²) in [5.41, 5.74) is 5.44. The summed E-state index contributed by atoms with van der Waals surface area (Å²) in [6.45, 7) is 2.11. The molecule has 5 heteroatoms. The van der Waals surface area contributed by atoms with Gasteiger partial charge in [-0.25, -0.2) is 0 Å². The van der Waals surface area contributed by atoms with E-state index in [1.165, 1.54) is 4.90 Å². The number of carbonyl (C=O) groups is 2. The maximum Gasteiger partial charge on any atom is 0.288 e. The molecule has 0 aromatic heterocycles. The first-order chi connectivity index (χ1) is 5.11. The molecule has 11 heavy (non-hydrogen) atoms. The normalized spacial score (nSPS) is 21.1. The van der Waals surface area contributed by atoms with E-state index < -0.39 is 0 Å². The Kier molecular flexibility index (Phi) is 2.51. The molecule has 4 nitrogen and oxygen atoms in total. The molecule has 1 aliphatic rings. The highest BCUT2D eigenvalue weighted by Gasteiger charge is 2.29. The van der Waals surface area contributed by atoms with Gasteiger partial charge in [0.25, 0.3) is 5.24 Å². The summed E-state index contributed by atoms with van der Waals surface area (Å²) in [6.07, 6.45) is 0. The summed E-state index contributed by atoms with van der Waals surface area (Å²) >= 11 is 1.04. The van der Waals surface area contributed by atoms with Crippen molar-refractivity contribution in [2.45, 2.75) is 13.0 Å². The van der Waals surface area contributed by atoms with Crippen LogP contribution in [0.3, 0.4) is 0 Å². The second kappa shape index (κ2) is 3.23. The molecule has 1 rings (SSSR count). The highest BCUT2D eigenvalue weighted by Crippen LogP contribution is 2.18. The zero-order valence-corrected chi connectivity index (χ0v) is 7.06. The minimum atomic E-state index is -0.174. The zero-order valence-electron chi connectivity index (χ0n) is 6.24. The highest BCUT2D eigenvalue weighted by molar-refractivity contribution is 8.14. The monoisotopic (exact) mass is 174 g/mol. The van der Waals surface area contributed by atoms with Crippen molar-refractivity contribution >= 4 is 22.9 Å². The molecule has 0 aromatic rings. The molecule has 62 valence electrons. The average molecular weight is 174 g/mol. The highest BCUT2D eigenvalue weighted by atomic mass is 32.2. The molecule has 2 amide bonds. The van der Waals surface area contributed by atoms with Crippen molar-refractivity contribution < 1.29 is 9.59 Å². The SMILES string of the molecule is C[C@@H](N)CN1C(=O)CSC1=O. The number of nitrogens with zero attached hydrogens (tertiary/aromatic N) is 1.